The molecule has 0 aliphatic heterocycles. The summed E-state index contributed by atoms with van der Waals surface area (Å²) in [7, 11) is -3.34. The Labute approximate surface area is 208 Å². The maximum Gasteiger partial charge on any atom is 0.175 e. The molecule has 0 atom stereocenters. The lowest BCUT2D eigenvalue weighted by atomic mass is 10.0. The highest BCUT2D eigenvalue weighted by Crippen LogP contribution is 2.40. The van der Waals surface area contributed by atoms with Gasteiger partial charge in [0, 0.05) is 23.6 Å². The number of nitrogens with zero attached hydrogens (tertiary/aromatic N) is 3. The van der Waals surface area contributed by atoms with E-state index in [1.54, 1.807) is 49.0 Å². The van der Waals surface area contributed by atoms with Crippen LogP contribution in [0.25, 0.3) is 28.2 Å². The summed E-state index contributed by atoms with van der Waals surface area (Å²) in [6, 6.07) is 15.9. The average Bonchev–Trinajstić information content (AvgIpc) is 3.10. The van der Waals surface area contributed by atoms with E-state index in [2.05, 4.69) is 10.1 Å². The van der Waals surface area contributed by atoms with E-state index < -0.39 is 15.4 Å². The summed E-state index contributed by atoms with van der Waals surface area (Å²) in [4.78, 5) is 4.87. The molecule has 0 saturated carbocycles. The Balaban J connectivity index is 1.90. The third-order valence-corrected chi connectivity index (χ3v) is 7.18. The number of aliphatic hydroxyl groups is 1. The minimum atomic E-state index is -3.34. The fourth-order valence-electron chi connectivity index (χ4n) is 3.68. The van der Waals surface area contributed by atoms with Crippen LogP contribution in [0.2, 0.25) is 10.0 Å². The molecule has 0 fully saturated rings. The third-order valence-electron chi connectivity index (χ3n) is 5.38. The molecule has 9 heteroatoms. The van der Waals surface area contributed by atoms with Gasteiger partial charge in [-0.1, -0.05) is 53.5 Å². The summed E-state index contributed by atoms with van der Waals surface area (Å²) >= 11 is 13.2. The van der Waals surface area contributed by atoms with E-state index in [1.165, 1.54) is 6.26 Å². The van der Waals surface area contributed by atoms with Crippen molar-refractivity contribution in [1.82, 2.24) is 14.8 Å². The Hall–Kier alpha value is -2.71. The van der Waals surface area contributed by atoms with Gasteiger partial charge in [0.15, 0.2) is 15.7 Å². The zero-order valence-electron chi connectivity index (χ0n) is 19.0. The third kappa shape index (κ3) is 4.61. The lowest BCUT2D eigenvalue weighted by molar-refractivity contribution is 0.0735. The van der Waals surface area contributed by atoms with E-state index in [4.69, 9.17) is 23.2 Å². The van der Waals surface area contributed by atoms with Gasteiger partial charge >= 0.3 is 0 Å². The first kappa shape index (κ1) is 24.4. The van der Waals surface area contributed by atoms with Crippen molar-refractivity contribution >= 4 is 33.0 Å². The number of sulfone groups is 1. The molecule has 2 heterocycles. The van der Waals surface area contributed by atoms with Gasteiger partial charge in [-0.25, -0.2) is 18.1 Å². The second-order valence-electron chi connectivity index (χ2n) is 8.63. The summed E-state index contributed by atoms with van der Waals surface area (Å²) < 4.78 is 25.5. The molecule has 1 N–H and O–H groups in total. The standard InChI is InChI=1S/C25H23Cl2N3O3S/c1-15-12-17(16-8-7-9-18(13-16)34(4,32)33)14-28-24(15)30-22(19-10-5-6-11-20(19)26)21(27)23(29-30)25(2,3)31/h5-14,31H,1-4H3. The molecular weight excluding hydrogens is 493 g/mol. The van der Waals surface area contributed by atoms with Crippen LogP contribution in [0.1, 0.15) is 25.1 Å². The van der Waals surface area contributed by atoms with Crippen LogP contribution in [0.3, 0.4) is 0 Å². The Kier molecular flexibility index (Phi) is 6.33. The van der Waals surface area contributed by atoms with Gasteiger partial charge in [0.25, 0.3) is 0 Å². The SMILES string of the molecule is Cc1cc(-c2cccc(S(C)(=O)=O)c2)cnc1-n1nc(C(C)(C)O)c(Cl)c1-c1ccccc1Cl. The monoisotopic (exact) mass is 515 g/mol. The number of hydrogen-bond donors (Lipinski definition) is 1. The first-order valence-corrected chi connectivity index (χ1v) is 13.1. The Bertz CT molecular complexity index is 1510. The van der Waals surface area contributed by atoms with Crippen molar-refractivity contribution in [3.05, 3.63) is 82.1 Å². The Morgan fingerprint density at radius 1 is 1.00 bits per heavy atom. The van der Waals surface area contributed by atoms with E-state index in [1.807, 2.05) is 37.3 Å². The quantitative estimate of drug-likeness (QED) is 0.360. The molecular formula is C25H23Cl2N3O3S. The van der Waals surface area contributed by atoms with Crippen LogP contribution in [-0.4, -0.2) is 34.5 Å². The number of aryl methyl sites for hydroxylation is 1. The fraction of sp³-hybridized carbons (Fsp3) is 0.200. The highest BCUT2D eigenvalue weighted by Gasteiger charge is 2.30. The number of aromatic nitrogens is 3. The summed E-state index contributed by atoms with van der Waals surface area (Å²) in [6.45, 7) is 5.10. The van der Waals surface area contributed by atoms with Gasteiger partial charge in [-0.15, -0.1) is 0 Å². The number of halogens is 2. The second-order valence-corrected chi connectivity index (χ2v) is 11.4. The van der Waals surface area contributed by atoms with Crippen LogP contribution in [0.15, 0.2) is 65.7 Å². The van der Waals surface area contributed by atoms with Crippen molar-refractivity contribution < 1.29 is 13.5 Å². The van der Waals surface area contributed by atoms with Crippen molar-refractivity contribution in [2.75, 3.05) is 6.26 Å². The van der Waals surface area contributed by atoms with Gasteiger partial charge in [-0.3, -0.25) is 0 Å². The lowest BCUT2D eigenvalue weighted by Crippen LogP contribution is -2.17. The van der Waals surface area contributed by atoms with Crippen molar-refractivity contribution in [3.63, 3.8) is 0 Å². The number of pyridine rings is 1. The van der Waals surface area contributed by atoms with Gasteiger partial charge in [-0.05, 0) is 56.2 Å². The van der Waals surface area contributed by atoms with E-state index >= 15 is 0 Å². The van der Waals surface area contributed by atoms with Gasteiger partial charge < -0.3 is 5.11 Å². The Morgan fingerprint density at radius 3 is 2.32 bits per heavy atom. The molecule has 176 valence electrons. The van der Waals surface area contributed by atoms with Gasteiger partial charge in [0.1, 0.15) is 11.3 Å². The summed E-state index contributed by atoms with van der Waals surface area (Å²) in [5, 5.41) is 16.0. The number of rotatable bonds is 5. The van der Waals surface area contributed by atoms with Crippen molar-refractivity contribution in [1.29, 1.82) is 0 Å². The predicted molar refractivity (Wildman–Crippen MR) is 135 cm³/mol. The minimum absolute atomic E-state index is 0.237. The predicted octanol–water partition coefficient (Wildman–Crippen LogP) is 5.85. The van der Waals surface area contributed by atoms with E-state index in [0.29, 0.717) is 27.8 Å². The maximum atomic E-state index is 12.0. The first-order valence-electron chi connectivity index (χ1n) is 10.4. The van der Waals surface area contributed by atoms with Crippen molar-refractivity contribution in [2.24, 2.45) is 0 Å². The van der Waals surface area contributed by atoms with Crippen LogP contribution in [0.5, 0.6) is 0 Å². The molecule has 0 radical (unpaired) electrons. The summed E-state index contributed by atoms with van der Waals surface area (Å²) in [6.07, 6.45) is 2.83. The number of hydrogen-bond acceptors (Lipinski definition) is 5. The van der Waals surface area contributed by atoms with Gasteiger partial charge in [-0.2, -0.15) is 5.10 Å². The molecule has 0 saturated heterocycles. The van der Waals surface area contributed by atoms with Crippen LogP contribution in [0, 0.1) is 6.92 Å². The van der Waals surface area contributed by atoms with Crippen LogP contribution in [0.4, 0.5) is 0 Å². The lowest BCUT2D eigenvalue weighted by Gasteiger charge is -2.14. The zero-order valence-corrected chi connectivity index (χ0v) is 21.4. The highest BCUT2D eigenvalue weighted by molar-refractivity contribution is 7.90. The molecule has 0 unspecified atom stereocenters. The first-order chi connectivity index (χ1) is 15.9. The van der Waals surface area contributed by atoms with Gasteiger partial charge in [0.05, 0.1) is 20.6 Å². The van der Waals surface area contributed by atoms with E-state index in [-0.39, 0.29) is 9.92 Å². The largest absolute Gasteiger partial charge is 0.384 e. The molecule has 6 nitrogen and oxygen atoms in total. The summed E-state index contributed by atoms with van der Waals surface area (Å²) in [5.74, 6) is 0.510. The molecule has 0 bridgehead atoms. The average molecular weight is 516 g/mol. The normalized spacial score (nSPS) is 12.2. The zero-order chi connectivity index (χ0) is 24.8. The molecule has 2 aromatic heterocycles. The summed E-state index contributed by atoms with van der Waals surface area (Å²) in [5.41, 5.74) is 2.44. The number of benzene rings is 2. The maximum absolute atomic E-state index is 12.0. The molecule has 0 spiro atoms. The molecule has 4 rings (SSSR count). The van der Waals surface area contributed by atoms with E-state index in [9.17, 15) is 13.5 Å². The van der Waals surface area contributed by atoms with E-state index in [0.717, 1.165) is 16.7 Å². The van der Waals surface area contributed by atoms with Crippen LogP contribution in [-0.2, 0) is 15.4 Å². The molecule has 0 amide bonds. The minimum Gasteiger partial charge on any atom is -0.384 e. The van der Waals surface area contributed by atoms with Crippen molar-refractivity contribution in [3.8, 4) is 28.2 Å². The smallest absolute Gasteiger partial charge is 0.175 e. The Morgan fingerprint density at radius 2 is 1.71 bits per heavy atom. The van der Waals surface area contributed by atoms with Crippen LogP contribution < -0.4 is 0 Å². The molecule has 34 heavy (non-hydrogen) atoms. The fourth-order valence-corrected chi connectivity index (χ4v) is 5.03. The molecule has 0 aliphatic carbocycles. The molecule has 4 aromatic rings. The van der Waals surface area contributed by atoms with Crippen LogP contribution >= 0.6 is 23.2 Å². The second kappa shape index (κ2) is 8.82. The van der Waals surface area contributed by atoms with Crippen molar-refractivity contribution in [2.45, 2.75) is 31.3 Å². The topological polar surface area (TPSA) is 85.1 Å². The molecule has 2 aromatic carbocycles. The highest BCUT2D eigenvalue weighted by atomic mass is 35.5. The van der Waals surface area contributed by atoms with Gasteiger partial charge in [0.2, 0.25) is 0 Å². The molecule has 0 aliphatic rings.